The number of rotatable bonds is 3. The van der Waals surface area contributed by atoms with E-state index < -0.39 is 6.10 Å². The van der Waals surface area contributed by atoms with Gasteiger partial charge in [-0.05, 0) is 33.2 Å². The van der Waals surface area contributed by atoms with Gasteiger partial charge in [-0.25, -0.2) is 0 Å². The molecule has 1 heterocycles. The van der Waals surface area contributed by atoms with Crippen molar-refractivity contribution in [3.05, 3.63) is 0 Å². The highest BCUT2D eigenvalue weighted by molar-refractivity contribution is 5.78. The van der Waals surface area contributed by atoms with Crippen molar-refractivity contribution in [1.29, 1.82) is 0 Å². The van der Waals surface area contributed by atoms with Gasteiger partial charge in [-0.15, -0.1) is 0 Å². The van der Waals surface area contributed by atoms with Crippen molar-refractivity contribution >= 4 is 5.91 Å². The predicted octanol–water partition coefficient (Wildman–Crippen LogP) is -0.0323. The Morgan fingerprint density at radius 1 is 1.64 bits per heavy atom. The first kappa shape index (κ1) is 11.5. The van der Waals surface area contributed by atoms with E-state index in [-0.39, 0.29) is 11.9 Å². The minimum Gasteiger partial charge on any atom is -0.391 e. The monoisotopic (exact) mass is 200 g/mol. The average Bonchev–Trinajstić information content (AvgIpc) is 2.18. The standard InChI is InChI=1S/C10H20N2O2/c1-8(13)9-5-3-4-6-12(9)10(14)7-11-2/h8-9,11,13H,3-7H2,1-2H3/t8-,9-/m1/s1. The van der Waals surface area contributed by atoms with E-state index in [1.807, 2.05) is 4.90 Å². The van der Waals surface area contributed by atoms with Gasteiger partial charge in [-0.2, -0.15) is 0 Å². The molecule has 1 aliphatic heterocycles. The lowest BCUT2D eigenvalue weighted by atomic mass is 9.98. The third kappa shape index (κ3) is 2.69. The lowest BCUT2D eigenvalue weighted by Crippen LogP contribution is -2.51. The van der Waals surface area contributed by atoms with E-state index in [2.05, 4.69) is 5.32 Å². The summed E-state index contributed by atoms with van der Waals surface area (Å²) in [5, 5.41) is 12.4. The van der Waals surface area contributed by atoms with Gasteiger partial charge in [0.1, 0.15) is 0 Å². The Morgan fingerprint density at radius 2 is 2.36 bits per heavy atom. The number of hydrogen-bond acceptors (Lipinski definition) is 3. The van der Waals surface area contributed by atoms with Gasteiger partial charge in [0, 0.05) is 6.54 Å². The maximum absolute atomic E-state index is 11.7. The number of nitrogens with zero attached hydrogens (tertiary/aromatic N) is 1. The molecule has 0 aromatic carbocycles. The van der Waals surface area contributed by atoms with Crippen molar-refractivity contribution in [2.24, 2.45) is 0 Å². The van der Waals surface area contributed by atoms with E-state index in [1.165, 1.54) is 0 Å². The van der Waals surface area contributed by atoms with Crippen LogP contribution in [0.5, 0.6) is 0 Å². The Morgan fingerprint density at radius 3 is 2.93 bits per heavy atom. The predicted molar refractivity (Wildman–Crippen MR) is 55.0 cm³/mol. The SMILES string of the molecule is CNCC(=O)N1CCCC[C@@H]1[C@@H](C)O. The number of hydrogen-bond donors (Lipinski definition) is 2. The van der Waals surface area contributed by atoms with Crippen LogP contribution in [0.4, 0.5) is 0 Å². The number of nitrogens with one attached hydrogen (secondary N) is 1. The first-order valence-corrected chi connectivity index (χ1v) is 5.29. The van der Waals surface area contributed by atoms with Crippen LogP contribution in [0.1, 0.15) is 26.2 Å². The van der Waals surface area contributed by atoms with Gasteiger partial charge in [0.2, 0.25) is 5.91 Å². The summed E-state index contributed by atoms with van der Waals surface area (Å²) in [5.74, 6) is 0.0955. The molecule has 1 saturated heterocycles. The maximum atomic E-state index is 11.7. The van der Waals surface area contributed by atoms with Crippen LogP contribution >= 0.6 is 0 Å². The first-order valence-electron chi connectivity index (χ1n) is 5.29. The fourth-order valence-corrected chi connectivity index (χ4v) is 2.02. The molecule has 14 heavy (non-hydrogen) atoms. The highest BCUT2D eigenvalue weighted by atomic mass is 16.3. The molecule has 2 N–H and O–H groups in total. The minimum atomic E-state index is -0.420. The molecule has 4 heteroatoms. The quantitative estimate of drug-likeness (QED) is 0.672. The number of carbonyl (C=O) groups excluding carboxylic acids is 1. The molecule has 0 radical (unpaired) electrons. The second kappa shape index (κ2) is 5.32. The largest absolute Gasteiger partial charge is 0.391 e. The summed E-state index contributed by atoms with van der Waals surface area (Å²) in [6.07, 6.45) is 2.67. The molecule has 4 nitrogen and oxygen atoms in total. The maximum Gasteiger partial charge on any atom is 0.236 e. The van der Waals surface area contributed by atoms with Gasteiger partial charge in [0.25, 0.3) is 0 Å². The van der Waals surface area contributed by atoms with E-state index in [9.17, 15) is 9.90 Å². The summed E-state index contributed by atoms with van der Waals surface area (Å²) in [5.41, 5.74) is 0. The number of aliphatic hydroxyl groups excluding tert-OH is 1. The normalized spacial score (nSPS) is 24.8. The van der Waals surface area contributed by atoms with Crippen molar-refractivity contribution in [3.8, 4) is 0 Å². The van der Waals surface area contributed by atoms with Crippen LogP contribution in [-0.2, 0) is 4.79 Å². The lowest BCUT2D eigenvalue weighted by Gasteiger charge is -2.37. The molecule has 1 rings (SSSR count). The van der Waals surface area contributed by atoms with Gasteiger partial charge < -0.3 is 15.3 Å². The Labute approximate surface area is 85.3 Å². The van der Waals surface area contributed by atoms with Crippen LogP contribution in [0.15, 0.2) is 0 Å². The van der Waals surface area contributed by atoms with Crippen molar-refractivity contribution in [3.63, 3.8) is 0 Å². The summed E-state index contributed by atoms with van der Waals surface area (Å²) < 4.78 is 0. The molecule has 0 aromatic heterocycles. The molecule has 82 valence electrons. The number of likely N-dealkylation sites (N-methyl/N-ethyl adjacent to an activating group) is 1. The summed E-state index contributed by atoms with van der Waals surface area (Å²) in [4.78, 5) is 13.5. The molecule has 1 aliphatic rings. The third-order valence-corrected chi connectivity index (χ3v) is 2.75. The van der Waals surface area contributed by atoms with E-state index >= 15 is 0 Å². The number of amides is 1. The molecular formula is C10H20N2O2. The van der Waals surface area contributed by atoms with E-state index in [0.717, 1.165) is 25.8 Å². The summed E-state index contributed by atoms with van der Waals surface area (Å²) in [6.45, 7) is 2.91. The van der Waals surface area contributed by atoms with Crippen molar-refractivity contribution in [2.45, 2.75) is 38.3 Å². The fraction of sp³-hybridized carbons (Fsp3) is 0.900. The highest BCUT2D eigenvalue weighted by Crippen LogP contribution is 2.19. The average molecular weight is 200 g/mol. The van der Waals surface area contributed by atoms with Crippen LogP contribution in [0.3, 0.4) is 0 Å². The van der Waals surface area contributed by atoms with Crippen LogP contribution in [0, 0.1) is 0 Å². The second-order valence-electron chi connectivity index (χ2n) is 3.92. The molecule has 1 fully saturated rings. The molecule has 0 unspecified atom stereocenters. The van der Waals surface area contributed by atoms with Crippen molar-refractivity contribution < 1.29 is 9.90 Å². The van der Waals surface area contributed by atoms with Gasteiger partial charge in [-0.3, -0.25) is 4.79 Å². The van der Waals surface area contributed by atoms with Crippen molar-refractivity contribution in [2.75, 3.05) is 20.1 Å². The highest BCUT2D eigenvalue weighted by Gasteiger charge is 2.29. The van der Waals surface area contributed by atoms with Crippen LogP contribution in [0.2, 0.25) is 0 Å². The summed E-state index contributed by atoms with van der Waals surface area (Å²) >= 11 is 0. The fourth-order valence-electron chi connectivity index (χ4n) is 2.02. The number of likely N-dealkylation sites (tertiary alicyclic amines) is 1. The first-order chi connectivity index (χ1) is 6.66. The minimum absolute atomic E-state index is 0.0181. The number of carbonyl (C=O) groups is 1. The topological polar surface area (TPSA) is 52.6 Å². The number of piperidine rings is 1. The summed E-state index contributed by atoms with van der Waals surface area (Å²) in [6, 6.07) is 0.0181. The van der Waals surface area contributed by atoms with Gasteiger partial charge >= 0.3 is 0 Å². The molecule has 0 aromatic rings. The Kier molecular flexibility index (Phi) is 4.35. The zero-order chi connectivity index (χ0) is 10.6. The van der Waals surface area contributed by atoms with E-state index in [0.29, 0.717) is 6.54 Å². The van der Waals surface area contributed by atoms with Crippen molar-refractivity contribution in [1.82, 2.24) is 10.2 Å². The Bertz CT molecular complexity index is 195. The molecule has 2 atom stereocenters. The van der Waals surface area contributed by atoms with E-state index in [4.69, 9.17) is 0 Å². The molecule has 0 spiro atoms. The van der Waals surface area contributed by atoms with Gasteiger partial charge in [-0.1, -0.05) is 0 Å². The lowest BCUT2D eigenvalue weighted by molar-refractivity contribution is -0.136. The summed E-state index contributed by atoms with van der Waals surface area (Å²) in [7, 11) is 1.76. The molecule has 1 amide bonds. The zero-order valence-electron chi connectivity index (χ0n) is 8.99. The van der Waals surface area contributed by atoms with E-state index in [1.54, 1.807) is 14.0 Å². The smallest absolute Gasteiger partial charge is 0.236 e. The van der Waals surface area contributed by atoms with Crippen LogP contribution in [-0.4, -0.2) is 48.2 Å². The Hall–Kier alpha value is -0.610. The third-order valence-electron chi connectivity index (χ3n) is 2.75. The van der Waals surface area contributed by atoms with Crippen LogP contribution < -0.4 is 5.32 Å². The Balaban J connectivity index is 2.57. The van der Waals surface area contributed by atoms with Gasteiger partial charge in [0.05, 0.1) is 18.7 Å². The second-order valence-corrected chi connectivity index (χ2v) is 3.92. The van der Waals surface area contributed by atoms with Gasteiger partial charge in [0.15, 0.2) is 0 Å². The number of aliphatic hydroxyl groups is 1. The zero-order valence-corrected chi connectivity index (χ0v) is 8.99. The molecular weight excluding hydrogens is 180 g/mol. The molecule has 0 saturated carbocycles. The van der Waals surface area contributed by atoms with Crippen LogP contribution in [0.25, 0.3) is 0 Å². The molecule has 0 aliphatic carbocycles. The molecule has 0 bridgehead atoms.